The fraction of sp³-hybridized carbons (Fsp3) is 0.267. The summed E-state index contributed by atoms with van der Waals surface area (Å²) in [4.78, 5) is 18.2. The summed E-state index contributed by atoms with van der Waals surface area (Å²) in [6.07, 6.45) is 6.83. The van der Waals surface area contributed by atoms with E-state index < -0.39 is 0 Å². The third-order valence-corrected chi connectivity index (χ3v) is 3.84. The van der Waals surface area contributed by atoms with Gasteiger partial charge in [-0.25, -0.2) is 0 Å². The van der Waals surface area contributed by atoms with Gasteiger partial charge in [-0.1, -0.05) is 10.4 Å². The lowest BCUT2D eigenvalue weighted by atomic mass is 10.00. The minimum atomic E-state index is -0.112. The minimum Gasteiger partial charge on any atom is -0.355 e. The minimum absolute atomic E-state index is 0.112. The summed E-state index contributed by atoms with van der Waals surface area (Å²) in [5.41, 5.74) is 1.12. The first kappa shape index (κ1) is 13.6. The first-order chi connectivity index (χ1) is 11.3. The zero-order valence-electron chi connectivity index (χ0n) is 12.2. The Morgan fingerprint density at radius 1 is 1.35 bits per heavy atom. The third kappa shape index (κ3) is 2.70. The van der Waals surface area contributed by atoms with Crippen LogP contribution in [0.4, 0.5) is 0 Å². The molecular formula is C15H14N6O2. The van der Waals surface area contributed by atoms with Gasteiger partial charge in [0.05, 0.1) is 6.20 Å². The van der Waals surface area contributed by atoms with Crippen molar-refractivity contribution in [2.75, 3.05) is 13.1 Å². The number of nitrogens with zero attached hydrogens (tertiary/aromatic N) is 6. The van der Waals surface area contributed by atoms with E-state index in [0.717, 1.165) is 12.1 Å². The lowest BCUT2D eigenvalue weighted by Gasteiger charge is -2.38. The maximum absolute atomic E-state index is 12.4. The van der Waals surface area contributed by atoms with E-state index in [2.05, 4.69) is 20.5 Å². The Morgan fingerprint density at radius 3 is 3.00 bits per heavy atom. The first-order valence-electron chi connectivity index (χ1n) is 7.30. The largest absolute Gasteiger partial charge is 0.355 e. The average Bonchev–Trinajstić information content (AvgIpc) is 3.22. The molecule has 0 spiro atoms. The quantitative estimate of drug-likeness (QED) is 0.717. The summed E-state index contributed by atoms with van der Waals surface area (Å²) in [5.74, 6) is 0.824. The predicted molar refractivity (Wildman–Crippen MR) is 79.1 cm³/mol. The van der Waals surface area contributed by atoms with Crippen molar-refractivity contribution in [3.63, 3.8) is 0 Å². The van der Waals surface area contributed by atoms with Crippen LogP contribution in [0.15, 0.2) is 47.5 Å². The van der Waals surface area contributed by atoms with Crippen molar-refractivity contribution in [2.45, 2.75) is 6.54 Å². The maximum Gasteiger partial charge on any atom is 0.276 e. The molecule has 0 bridgehead atoms. The number of carbonyl (C=O) groups is 1. The molecule has 1 aliphatic rings. The topological polar surface area (TPSA) is 89.9 Å². The number of likely N-dealkylation sites (tertiary alicyclic amines) is 1. The molecule has 1 fully saturated rings. The van der Waals surface area contributed by atoms with E-state index in [9.17, 15) is 4.79 Å². The highest BCUT2D eigenvalue weighted by Crippen LogP contribution is 2.23. The number of hydrogen-bond donors (Lipinski definition) is 0. The fourth-order valence-electron chi connectivity index (χ4n) is 2.63. The summed E-state index contributed by atoms with van der Waals surface area (Å²) in [6, 6.07) is 5.33. The smallest absolute Gasteiger partial charge is 0.276 e. The molecule has 0 aromatic carbocycles. The highest BCUT2D eigenvalue weighted by molar-refractivity contribution is 5.93. The molecule has 0 aliphatic carbocycles. The molecule has 0 saturated carbocycles. The first-order valence-corrected chi connectivity index (χ1v) is 7.30. The van der Waals surface area contributed by atoms with Gasteiger partial charge < -0.3 is 9.42 Å². The lowest BCUT2D eigenvalue weighted by Crippen LogP contribution is -2.51. The Balaban J connectivity index is 1.38. The summed E-state index contributed by atoms with van der Waals surface area (Å²) in [6.45, 7) is 2.14. The van der Waals surface area contributed by atoms with Crippen molar-refractivity contribution in [1.29, 1.82) is 0 Å². The normalized spacial score (nSPS) is 14.7. The second-order valence-electron chi connectivity index (χ2n) is 5.52. The molecular weight excluding hydrogens is 296 g/mol. The third-order valence-electron chi connectivity index (χ3n) is 3.84. The molecule has 8 nitrogen and oxygen atoms in total. The molecule has 0 radical (unpaired) electrons. The molecule has 0 atom stereocenters. The predicted octanol–water partition coefficient (Wildman–Crippen LogP) is 1.10. The number of amides is 1. The number of aromatic nitrogens is 5. The van der Waals surface area contributed by atoms with Crippen LogP contribution < -0.4 is 0 Å². The van der Waals surface area contributed by atoms with Gasteiger partial charge in [0.1, 0.15) is 0 Å². The Morgan fingerprint density at radius 2 is 2.26 bits per heavy atom. The second kappa shape index (κ2) is 5.64. The monoisotopic (exact) mass is 310 g/mol. The van der Waals surface area contributed by atoms with E-state index in [4.69, 9.17) is 4.52 Å². The van der Waals surface area contributed by atoms with Crippen LogP contribution in [0, 0.1) is 5.92 Å². The van der Waals surface area contributed by atoms with Crippen LogP contribution in [0.5, 0.6) is 0 Å². The van der Waals surface area contributed by atoms with Gasteiger partial charge in [0.25, 0.3) is 5.91 Å². The lowest BCUT2D eigenvalue weighted by molar-refractivity contribution is 0.0450. The van der Waals surface area contributed by atoms with Gasteiger partial charge in [-0.2, -0.15) is 0 Å². The molecule has 1 saturated heterocycles. The van der Waals surface area contributed by atoms with Gasteiger partial charge in [-0.05, 0) is 12.1 Å². The molecule has 4 heterocycles. The van der Waals surface area contributed by atoms with Gasteiger partial charge in [0.15, 0.2) is 11.5 Å². The fourth-order valence-corrected chi connectivity index (χ4v) is 2.63. The van der Waals surface area contributed by atoms with Crippen molar-refractivity contribution in [1.82, 2.24) is 30.0 Å². The summed E-state index contributed by atoms with van der Waals surface area (Å²) in [7, 11) is 0. The van der Waals surface area contributed by atoms with E-state index >= 15 is 0 Å². The SMILES string of the molecule is O=C(c1cc(-c2cccnc2)on1)N1CC(Cn2ccnn2)C1. The van der Waals surface area contributed by atoms with Crippen molar-refractivity contribution in [3.8, 4) is 11.3 Å². The van der Waals surface area contributed by atoms with Crippen molar-refractivity contribution in [2.24, 2.45) is 5.92 Å². The van der Waals surface area contributed by atoms with Gasteiger partial charge >= 0.3 is 0 Å². The maximum atomic E-state index is 12.4. The molecule has 116 valence electrons. The van der Waals surface area contributed by atoms with Crippen LogP contribution in [0.1, 0.15) is 10.5 Å². The summed E-state index contributed by atoms with van der Waals surface area (Å²) >= 11 is 0. The van der Waals surface area contributed by atoms with Gasteiger partial charge in [0, 0.05) is 55.8 Å². The van der Waals surface area contributed by atoms with Crippen LogP contribution in [-0.4, -0.2) is 49.0 Å². The van der Waals surface area contributed by atoms with Gasteiger partial charge in [0.2, 0.25) is 0 Å². The van der Waals surface area contributed by atoms with Crippen LogP contribution in [0.2, 0.25) is 0 Å². The van der Waals surface area contributed by atoms with Crippen molar-refractivity contribution in [3.05, 3.63) is 48.7 Å². The van der Waals surface area contributed by atoms with Crippen LogP contribution >= 0.6 is 0 Å². The number of rotatable bonds is 4. The van der Waals surface area contributed by atoms with Gasteiger partial charge in [-0.15, -0.1) is 5.10 Å². The van der Waals surface area contributed by atoms with E-state index in [1.165, 1.54) is 0 Å². The molecule has 8 heteroatoms. The van der Waals surface area contributed by atoms with Crippen LogP contribution in [0.3, 0.4) is 0 Å². The van der Waals surface area contributed by atoms with Crippen molar-refractivity contribution >= 4 is 5.91 Å². The standard InChI is InChI=1S/C15H14N6O2/c22-15(20-8-11(9-20)10-21-5-4-17-19-21)13-6-14(23-18-13)12-2-1-3-16-7-12/h1-7,11H,8-10H2. The molecule has 0 N–H and O–H groups in total. The summed E-state index contributed by atoms with van der Waals surface area (Å²) < 4.78 is 7.02. The van der Waals surface area contributed by atoms with Gasteiger partial charge in [-0.3, -0.25) is 14.5 Å². The number of hydrogen-bond acceptors (Lipinski definition) is 6. The summed E-state index contributed by atoms with van der Waals surface area (Å²) in [5, 5.41) is 11.6. The van der Waals surface area contributed by atoms with E-state index in [1.807, 2.05) is 18.3 Å². The average molecular weight is 310 g/mol. The zero-order chi connectivity index (χ0) is 15.6. The number of pyridine rings is 1. The van der Waals surface area contributed by atoms with Crippen LogP contribution in [-0.2, 0) is 6.54 Å². The van der Waals surface area contributed by atoms with E-state index in [1.54, 1.807) is 34.2 Å². The Hall–Kier alpha value is -3.03. The second-order valence-corrected chi connectivity index (χ2v) is 5.52. The van der Waals surface area contributed by atoms with Crippen LogP contribution in [0.25, 0.3) is 11.3 Å². The highest BCUT2D eigenvalue weighted by atomic mass is 16.5. The molecule has 1 aliphatic heterocycles. The Labute approximate surface area is 131 Å². The van der Waals surface area contributed by atoms with Crippen molar-refractivity contribution < 1.29 is 9.32 Å². The Bertz CT molecular complexity index is 793. The molecule has 1 amide bonds. The molecule has 3 aromatic rings. The van der Waals surface area contributed by atoms with E-state index in [-0.39, 0.29) is 5.91 Å². The highest BCUT2D eigenvalue weighted by Gasteiger charge is 2.33. The van der Waals surface area contributed by atoms with E-state index in [0.29, 0.717) is 30.5 Å². The molecule has 3 aromatic heterocycles. The molecule has 4 rings (SSSR count). The number of carbonyl (C=O) groups excluding carboxylic acids is 1. The molecule has 0 unspecified atom stereocenters. The molecule has 23 heavy (non-hydrogen) atoms. The Kier molecular flexibility index (Phi) is 3.34. The zero-order valence-corrected chi connectivity index (χ0v) is 12.2.